The van der Waals surface area contributed by atoms with Crippen molar-refractivity contribution in [1.29, 1.82) is 21.0 Å². The third-order valence-corrected chi connectivity index (χ3v) is 0. The summed E-state index contributed by atoms with van der Waals surface area (Å²) in [5.41, 5.74) is 0. The number of thiocyanates is 4. The Kier molecular flexibility index (Phi) is 237. The average molecular weight is 298 g/mol. The zero-order chi connectivity index (χ0) is 10.8. The SMILES string of the molecule is N#C[S-].N#C[S-].N#C[S-].N#C[S-].[Zn+2]. The van der Waals surface area contributed by atoms with Gasteiger partial charge in [-0.15, -0.1) is 0 Å². The van der Waals surface area contributed by atoms with Crippen LogP contribution in [0.25, 0.3) is 0 Å². The molecule has 0 heterocycles. The molecule has 0 saturated heterocycles. The van der Waals surface area contributed by atoms with Crippen LogP contribution in [-0.2, 0) is 70.0 Å². The van der Waals surface area contributed by atoms with E-state index in [9.17, 15) is 0 Å². The van der Waals surface area contributed by atoms with Crippen molar-refractivity contribution in [2.45, 2.75) is 0 Å². The van der Waals surface area contributed by atoms with Crippen molar-refractivity contribution in [2.24, 2.45) is 0 Å². The monoisotopic (exact) mass is 296 g/mol. The van der Waals surface area contributed by atoms with Crippen LogP contribution in [0.5, 0.6) is 0 Å². The van der Waals surface area contributed by atoms with Gasteiger partial charge in [0.1, 0.15) is 0 Å². The van der Waals surface area contributed by atoms with Crippen molar-refractivity contribution >= 4 is 50.5 Å². The minimum atomic E-state index is 0. The van der Waals surface area contributed by atoms with Crippen LogP contribution in [-0.4, -0.2) is 0 Å². The number of hydrogen-bond donors (Lipinski definition) is 0. The molecule has 0 aromatic carbocycles. The van der Waals surface area contributed by atoms with Crippen LogP contribution in [0.4, 0.5) is 0 Å². The Balaban J connectivity index is -0.0000000213. The topological polar surface area (TPSA) is 95.2 Å². The van der Waals surface area contributed by atoms with Crippen LogP contribution in [0, 0.1) is 42.7 Å². The van der Waals surface area contributed by atoms with E-state index in [2.05, 4.69) is 50.5 Å². The fraction of sp³-hybridized carbons (Fsp3) is 0. The number of rotatable bonds is 0. The molecule has 0 rings (SSSR count). The third kappa shape index (κ3) is 3570. The van der Waals surface area contributed by atoms with Gasteiger partial charge < -0.3 is 50.5 Å². The van der Waals surface area contributed by atoms with E-state index in [0.29, 0.717) is 0 Å². The minimum Gasteiger partial charge on any atom is -0.696 e. The Hall–Kier alpha value is -0.537. The maximum atomic E-state index is 7.13. The Bertz CT molecular complexity index is 158. The van der Waals surface area contributed by atoms with Crippen LogP contribution >= 0.6 is 0 Å². The van der Waals surface area contributed by atoms with Gasteiger partial charge in [0, 0.05) is 0 Å². The van der Waals surface area contributed by atoms with E-state index in [0.717, 1.165) is 0 Å². The average Bonchev–Trinajstić information content (AvgIpc) is 1.92. The number of nitrogens with zero attached hydrogens (tertiary/aromatic N) is 4. The summed E-state index contributed by atoms with van der Waals surface area (Å²) in [5.74, 6) is 0. The summed E-state index contributed by atoms with van der Waals surface area (Å²) < 4.78 is 0. The smallest absolute Gasteiger partial charge is 0.696 e. The molecule has 64 valence electrons. The van der Waals surface area contributed by atoms with Crippen LogP contribution in [0.2, 0.25) is 0 Å². The van der Waals surface area contributed by atoms with E-state index in [1.54, 1.807) is 0 Å². The van der Waals surface area contributed by atoms with E-state index in [1.807, 2.05) is 0 Å². The third-order valence-electron chi connectivity index (χ3n) is 0. The Morgan fingerprint density at radius 1 is 0.538 bits per heavy atom. The molecule has 0 fully saturated rings. The zero-order valence-electron chi connectivity index (χ0n) is 6.13. The molecule has 0 amide bonds. The summed E-state index contributed by atoms with van der Waals surface area (Å²) in [6.07, 6.45) is 0. The second-order valence-electron chi connectivity index (χ2n) is 0.365. The predicted molar refractivity (Wildman–Crippen MR) is 51.9 cm³/mol. The van der Waals surface area contributed by atoms with Crippen molar-refractivity contribution in [3.05, 3.63) is 0 Å². The van der Waals surface area contributed by atoms with Gasteiger partial charge in [-0.25, -0.2) is 21.0 Å². The summed E-state index contributed by atoms with van der Waals surface area (Å²) >= 11 is 14.8. The Labute approximate surface area is 112 Å². The van der Waals surface area contributed by atoms with Crippen LogP contribution in [0.1, 0.15) is 0 Å². The van der Waals surface area contributed by atoms with Gasteiger partial charge in [0.15, 0.2) is 0 Å². The fourth-order valence-corrected chi connectivity index (χ4v) is 0. The maximum absolute atomic E-state index is 7.13. The van der Waals surface area contributed by atoms with Crippen LogP contribution < -0.4 is 0 Å². The fourth-order valence-electron chi connectivity index (χ4n) is 0. The molecular weight excluding hydrogens is 298 g/mol. The van der Waals surface area contributed by atoms with Gasteiger partial charge in [-0.1, -0.05) is 21.6 Å². The largest absolute Gasteiger partial charge is 2.00 e. The quantitative estimate of drug-likeness (QED) is 0.352. The minimum absolute atomic E-state index is 0. The van der Waals surface area contributed by atoms with Gasteiger partial charge in [-0.3, -0.25) is 0 Å². The molecule has 0 unspecified atom stereocenters. The summed E-state index contributed by atoms with van der Waals surface area (Å²) in [7, 11) is 0. The predicted octanol–water partition coefficient (Wildman–Crippen LogP) is 0.0550. The van der Waals surface area contributed by atoms with E-state index < -0.39 is 0 Å². The summed E-state index contributed by atoms with van der Waals surface area (Å²) in [5, 5.41) is 33.9. The van der Waals surface area contributed by atoms with Gasteiger partial charge in [-0.05, 0) is 0 Å². The van der Waals surface area contributed by atoms with Crippen LogP contribution in [0.15, 0.2) is 0 Å². The van der Waals surface area contributed by atoms with Gasteiger partial charge in [0.05, 0.1) is 0 Å². The van der Waals surface area contributed by atoms with Crippen molar-refractivity contribution < 1.29 is 19.5 Å². The van der Waals surface area contributed by atoms with Gasteiger partial charge >= 0.3 is 19.5 Å². The zero-order valence-corrected chi connectivity index (χ0v) is 12.4. The van der Waals surface area contributed by atoms with Crippen molar-refractivity contribution in [1.82, 2.24) is 0 Å². The second kappa shape index (κ2) is 105. The first-order valence-electron chi connectivity index (χ1n) is 1.71. The van der Waals surface area contributed by atoms with E-state index in [-0.39, 0.29) is 19.5 Å². The first-order valence-corrected chi connectivity index (χ1v) is 3.34. The number of hydrogen-bond acceptors (Lipinski definition) is 8. The van der Waals surface area contributed by atoms with Crippen molar-refractivity contribution in [3.63, 3.8) is 0 Å². The van der Waals surface area contributed by atoms with Gasteiger partial charge in [0.2, 0.25) is 0 Å². The molecule has 0 aliphatic heterocycles. The Morgan fingerprint density at radius 3 is 0.538 bits per heavy atom. The summed E-state index contributed by atoms with van der Waals surface area (Å²) in [6.45, 7) is 0. The normalized spacial score (nSPS) is 2.15. The molecule has 0 aromatic rings. The molecule has 0 bridgehead atoms. The molecule has 9 heteroatoms. The molecular formula is C4N4S4Zn-2. The number of nitriles is 4. The standard InChI is InChI=1S/4CHNS.Zn/c4*2-1-3;/h4*3H;/q;;;;+2/p-4. The van der Waals surface area contributed by atoms with Crippen molar-refractivity contribution in [2.75, 3.05) is 0 Å². The van der Waals surface area contributed by atoms with Gasteiger partial charge in [0.25, 0.3) is 0 Å². The molecule has 0 aliphatic rings. The molecule has 13 heavy (non-hydrogen) atoms. The molecule has 0 saturated carbocycles. The van der Waals surface area contributed by atoms with Crippen LogP contribution in [0.3, 0.4) is 0 Å². The first kappa shape index (κ1) is 29.4. The maximum Gasteiger partial charge on any atom is 2.00 e. The summed E-state index contributed by atoms with van der Waals surface area (Å²) in [4.78, 5) is 0. The van der Waals surface area contributed by atoms with E-state index in [4.69, 9.17) is 21.0 Å². The molecule has 4 nitrogen and oxygen atoms in total. The van der Waals surface area contributed by atoms with E-state index in [1.165, 1.54) is 21.6 Å². The van der Waals surface area contributed by atoms with E-state index >= 15 is 0 Å². The van der Waals surface area contributed by atoms with Gasteiger partial charge in [-0.2, -0.15) is 0 Å². The molecule has 0 N–H and O–H groups in total. The second-order valence-corrected chi connectivity index (χ2v) is 1.10. The summed E-state index contributed by atoms with van der Waals surface area (Å²) in [6, 6.07) is 0. The van der Waals surface area contributed by atoms with Crippen molar-refractivity contribution in [3.8, 4) is 21.6 Å². The first-order chi connectivity index (χ1) is 5.66. The molecule has 0 atom stereocenters. The molecule has 0 aliphatic carbocycles. The molecule has 0 radical (unpaired) electrons. The molecule has 0 aromatic heterocycles. The Morgan fingerprint density at radius 2 is 0.538 bits per heavy atom. The molecule has 0 spiro atoms.